The van der Waals surface area contributed by atoms with Crippen LogP contribution in [0.3, 0.4) is 0 Å². The smallest absolute Gasteiger partial charge is 0.147 e. The number of nitrogens with zero attached hydrogens (tertiary/aromatic N) is 2. The SMILES string of the molecule is CCOc1cccc2c1nc(CCl)n2CCCS(C)=O. The van der Waals surface area contributed by atoms with Gasteiger partial charge in [0.2, 0.25) is 0 Å². The first-order valence-electron chi connectivity index (χ1n) is 6.64. The van der Waals surface area contributed by atoms with Gasteiger partial charge in [0.25, 0.3) is 0 Å². The van der Waals surface area contributed by atoms with Crippen molar-refractivity contribution in [3.05, 3.63) is 24.0 Å². The van der Waals surface area contributed by atoms with E-state index in [9.17, 15) is 4.21 Å². The first-order chi connectivity index (χ1) is 9.67. The quantitative estimate of drug-likeness (QED) is 0.738. The number of aryl methyl sites for hydroxylation is 1. The second-order valence-electron chi connectivity index (χ2n) is 4.50. The molecule has 0 aliphatic rings. The molecule has 0 N–H and O–H groups in total. The fourth-order valence-electron chi connectivity index (χ4n) is 2.22. The number of benzene rings is 1. The largest absolute Gasteiger partial charge is 0.492 e. The summed E-state index contributed by atoms with van der Waals surface area (Å²) in [6.07, 6.45) is 2.57. The molecule has 2 rings (SSSR count). The molecule has 1 aromatic heterocycles. The number of aromatic nitrogens is 2. The van der Waals surface area contributed by atoms with Gasteiger partial charge in [0.05, 0.1) is 18.0 Å². The standard InChI is InChI=1S/C14H19ClN2O2S/c1-3-19-12-7-4-6-11-14(12)16-13(10-15)17(11)8-5-9-20(2)18/h4,6-7H,3,5,8-10H2,1-2H3. The van der Waals surface area contributed by atoms with Gasteiger partial charge < -0.3 is 9.30 Å². The monoisotopic (exact) mass is 314 g/mol. The van der Waals surface area contributed by atoms with Crippen LogP contribution in [-0.2, 0) is 23.2 Å². The lowest BCUT2D eigenvalue weighted by Gasteiger charge is -2.07. The lowest BCUT2D eigenvalue weighted by molar-refractivity contribution is 0.343. The Morgan fingerprint density at radius 3 is 2.90 bits per heavy atom. The first-order valence-corrected chi connectivity index (χ1v) is 8.90. The number of halogens is 1. The Morgan fingerprint density at radius 2 is 2.25 bits per heavy atom. The maximum atomic E-state index is 11.2. The third-order valence-electron chi connectivity index (χ3n) is 3.05. The van der Waals surface area contributed by atoms with E-state index in [2.05, 4.69) is 9.55 Å². The molecule has 1 unspecified atom stereocenters. The normalized spacial score (nSPS) is 12.8. The van der Waals surface area contributed by atoms with Crippen LogP contribution in [0, 0.1) is 0 Å². The topological polar surface area (TPSA) is 44.1 Å². The Hall–Kier alpha value is -1.07. The van der Waals surface area contributed by atoms with Gasteiger partial charge in [0, 0.05) is 29.4 Å². The molecule has 0 bridgehead atoms. The fraction of sp³-hybridized carbons (Fsp3) is 0.500. The van der Waals surface area contributed by atoms with Crippen molar-refractivity contribution in [2.75, 3.05) is 18.6 Å². The van der Waals surface area contributed by atoms with Crippen LogP contribution in [0.5, 0.6) is 5.75 Å². The molecule has 0 fully saturated rings. The van der Waals surface area contributed by atoms with Gasteiger partial charge in [0.1, 0.15) is 17.1 Å². The summed E-state index contributed by atoms with van der Waals surface area (Å²) in [6, 6.07) is 5.90. The number of para-hydroxylation sites is 1. The maximum absolute atomic E-state index is 11.2. The molecule has 4 nitrogen and oxygen atoms in total. The molecule has 0 saturated heterocycles. The van der Waals surface area contributed by atoms with Crippen molar-refractivity contribution in [1.29, 1.82) is 0 Å². The van der Waals surface area contributed by atoms with Crippen LogP contribution >= 0.6 is 11.6 Å². The maximum Gasteiger partial charge on any atom is 0.147 e. The minimum Gasteiger partial charge on any atom is -0.492 e. The van der Waals surface area contributed by atoms with Gasteiger partial charge in [-0.2, -0.15) is 0 Å². The van der Waals surface area contributed by atoms with Crippen LogP contribution in [-0.4, -0.2) is 32.4 Å². The van der Waals surface area contributed by atoms with Crippen molar-refractivity contribution in [2.45, 2.75) is 25.8 Å². The van der Waals surface area contributed by atoms with E-state index in [0.29, 0.717) is 18.2 Å². The van der Waals surface area contributed by atoms with Crippen LogP contribution in [0.4, 0.5) is 0 Å². The average molecular weight is 315 g/mol. The second kappa shape index (κ2) is 7.09. The number of alkyl halides is 1. The Bertz CT molecular complexity index is 612. The van der Waals surface area contributed by atoms with Crippen molar-refractivity contribution >= 4 is 33.4 Å². The zero-order chi connectivity index (χ0) is 14.5. The summed E-state index contributed by atoms with van der Waals surface area (Å²) in [5.74, 6) is 2.66. The van der Waals surface area contributed by atoms with Crippen molar-refractivity contribution in [3.63, 3.8) is 0 Å². The molecule has 1 heterocycles. The summed E-state index contributed by atoms with van der Waals surface area (Å²) < 4.78 is 18.9. The van der Waals surface area contributed by atoms with E-state index in [0.717, 1.165) is 35.6 Å². The van der Waals surface area contributed by atoms with Crippen LogP contribution < -0.4 is 4.74 Å². The van der Waals surface area contributed by atoms with Crippen molar-refractivity contribution in [1.82, 2.24) is 9.55 Å². The molecule has 0 amide bonds. The van der Waals surface area contributed by atoms with Gasteiger partial charge in [-0.3, -0.25) is 4.21 Å². The average Bonchev–Trinajstić information content (AvgIpc) is 2.78. The highest BCUT2D eigenvalue weighted by Gasteiger charge is 2.13. The van der Waals surface area contributed by atoms with Crippen LogP contribution in [0.15, 0.2) is 18.2 Å². The van der Waals surface area contributed by atoms with Crippen LogP contribution in [0.1, 0.15) is 19.2 Å². The molecule has 6 heteroatoms. The molecule has 0 spiro atoms. The van der Waals surface area contributed by atoms with E-state index >= 15 is 0 Å². The fourth-order valence-corrected chi connectivity index (χ4v) is 2.96. The highest BCUT2D eigenvalue weighted by Crippen LogP contribution is 2.27. The number of imidazole rings is 1. The van der Waals surface area contributed by atoms with Crippen LogP contribution in [0.2, 0.25) is 0 Å². The van der Waals surface area contributed by atoms with Crippen molar-refractivity contribution in [2.24, 2.45) is 0 Å². The minimum atomic E-state index is -0.768. The van der Waals surface area contributed by atoms with E-state index in [1.165, 1.54) is 0 Å². The molecule has 0 saturated carbocycles. The molecule has 0 aliphatic heterocycles. The molecular formula is C14H19ClN2O2S. The van der Waals surface area contributed by atoms with E-state index in [1.807, 2.05) is 25.1 Å². The Labute approximate surface area is 126 Å². The number of fused-ring (bicyclic) bond motifs is 1. The molecule has 0 radical (unpaired) electrons. The summed E-state index contributed by atoms with van der Waals surface area (Å²) in [6.45, 7) is 3.33. The summed E-state index contributed by atoms with van der Waals surface area (Å²) in [5.41, 5.74) is 1.87. The highest BCUT2D eigenvalue weighted by molar-refractivity contribution is 7.84. The molecule has 2 aromatic rings. The van der Waals surface area contributed by atoms with Gasteiger partial charge in [-0.15, -0.1) is 11.6 Å². The Morgan fingerprint density at radius 1 is 1.45 bits per heavy atom. The van der Waals surface area contributed by atoms with Gasteiger partial charge in [-0.05, 0) is 25.5 Å². The molecular weight excluding hydrogens is 296 g/mol. The zero-order valence-corrected chi connectivity index (χ0v) is 13.3. The molecule has 20 heavy (non-hydrogen) atoms. The Kier molecular flexibility index (Phi) is 5.43. The Balaban J connectivity index is 2.36. The number of hydrogen-bond acceptors (Lipinski definition) is 3. The zero-order valence-electron chi connectivity index (χ0n) is 11.8. The van der Waals surface area contributed by atoms with Gasteiger partial charge >= 0.3 is 0 Å². The summed E-state index contributed by atoms with van der Waals surface area (Å²) in [4.78, 5) is 4.58. The second-order valence-corrected chi connectivity index (χ2v) is 6.32. The predicted octanol–water partition coefficient (Wildman–Crippen LogP) is 2.94. The predicted molar refractivity (Wildman–Crippen MR) is 84.0 cm³/mol. The molecule has 1 atom stereocenters. The van der Waals surface area contributed by atoms with Crippen molar-refractivity contribution in [3.8, 4) is 5.75 Å². The highest BCUT2D eigenvalue weighted by atomic mass is 35.5. The molecule has 0 aliphatic carbocycles. The lowest BCUT2D eigenvalue weighted by atomic mass is 10.3. The minimum absolute atomic E-state index is 0.357. The third kappa shape index (κ3) is 3.33. The summed E-state index contributed by atoms with van der Waals surface area (Å²) in [7, 11) is -0.768. The van der Waals surface area contributed by atoms with E-state index in [1.54, 1.807) is 6.26 Å². The van der Waals surface area contributed by atoms with Gasteiger partial charge in [-0.25, -0.2) is 4.98 Å². The lowest BCUT2D eigenvalue weighted by Crippen LogP contribution is -2.06. The number of hydrogen-bond donors (Lipinski definition) is 0. The number of rotatable bonds is 7. The first kappa shape index (κ1) is 15.3. The van der Waals surface area contributed by atoms with Crippen molar-refractivity contribution < 1.29 is 8.95 Å². The third-order valence-corrected chi connectivity index (χ3v) is 4.16. The summed E-state index contributed by atoms with van der Waals surface area (Å²) >= 11 is 5.99. The summed E-state index contributed by atoms with van der Waals surface area (Å²) in [5, 5.41) is 0. The molecule has 110 valence electrons. The van der Waals surface area contributed by atoms with E-state index in [-0.39, 0.29) is 0 Å². The number of ether oxygens (including phenoxy) is 1. The van der Waals surface area contributed by atoms with E-state index in [4.69, 9.17) is 16.3 Å². The van der Waals surface area contributed by atoms with Gasteiger partial charge in [0.15, 0.2) is 0 Å². The van der Waals surface area contributed by atoms with E-state index < -0.39 is 10.8 Å². The molecule has 1 aromatic carbocycles. The van der Waals surface area contributed by atoms with Crippen LogP contribution in [0.25, 0.3) is 11.0 Å². The van der Waals surface area contributed by atoms with Gasteiger partial charge in [-0.1, -0.05) is 6.07 Å².